The first-order valence-electron chi connectivity index (χ1n) is 6.62. The summed E-state index contributed by atoms with van der Waals surface area (Å²) in [5.41, 5.74) is 2.54. The van der Waals surface area contributed by atoms with Crippen LogP contribution in [-0.2, 0) is 23.1 Å². The second kappa shape index (κ2) is 3.76. The molecule has 1 aromatic carbocycles. The first kappa shape index (κ1) is 11.3. The number of pyridine rings is 1. The Kier molecular flexibility index (Phi) is 2.13. The zero-order valence-electron chi connectivity index (χ0n) is 10.8. The highest BCUT2D eigenvalue weighted by Crippen LogP contribution is 2.43. The van der Waals surface area contributed by atoms with E-state index in [1.165, 1.54) is 0 Å². The van der Waals surface area contributed by atoms with Gasteiger partial charge in [0.15, 0.2) is 0 Å². The maximum atomic E-state index is 12.5. The molecule has 20 heavy (non-hydrogen) atoms. The molecule has 1 unspecified atom stereocenters. The molecular weight excluding hydrogens is 250 g/mol. The topological polar surface area (TPSA) is 65.8 Å². The van der Waals surface area contributed by atoms with E-state index in [1.807, 2.05) is 24.3 Å². The van der Waals surface area contributed by atoms with E-state index in [9.17, 15) is 4.79 Å². The Hall–Kier alpha value is -2.49. The SMILES string of the molecule is N=c1ccc2cc(c1)CC1(C2)C(=O)Nc2ncccc21. The summed E-state index contributed by atoms with van der Waals surface area (Å²) in [4.78, 5) is 16.8. The zero-order valence-corrected chi connectivity index (χ0v) is 10.8. The maximum absolute atomic E-state index is 12.5. The summed E-state index contributed by atoms with van der Waals surface area (Å²) in [6, 6.07) is 11.5. The molecule has 2 aromatic rings. The van der Waals surface area contributed by atoms with Gasteiger partial charge in [0.2, 0.25) is 5.91 Å². The third kappa shape index (κ3) is 1.45. The van der Waals surface area contributed by atoms with Gasteiger partial charge in [-0.3, -0.25) is 4.79 Å². The van der Waals surface area contributed by atoms with E-state index in [-0.39, 0.29) is 5.91 Å². The van der Waals surface area contributed by atoms with E-state index >= 15 is 0 Å². The molecule has 4 rings (SSSR count). The molecule has 0 saturated heterocycles. The number of hydrogen-bond donors (Lipinski definition) is 2. The Morgan fingerprint density at radius 1 is 1.15 bits per heavy atom. The highest BCUT2D eigenvalue weighted by atomic mass is 16.2. The average molecular weight is 263 g/mol. The predicted octanol–water partition coefficient (Wildman–Crippen LogP) is 1.55. The van der Waals surface area contributed by atoms with E-state index < -0.39 is 5.41 Å². The number of hydrogen-bond acceptors (Lipinski definition) is 3. The molecule has 2 aliphatic rings. The van der Waals surface area contributed by atoms with Crippen LogP contribution in [0.2, 0.25) is 0 Å². The lowest BCUT2D eigenvalue weighted by molar-refractivity contribution is -0.120. The summed E-state index contributed by atoms with van der Waals surface area (Å²) in [5, 5.41) is 11.2. The Labute approximate surface area is 116 Å². The fourth-order valence-corrected chi connectivity index (χ4v) is 3.34. The first-order chi connectivity index (χ1) is 9.67. The van der Waals surface area contributed by atoms with Gasteiger partial charge >= 0.3 is 0 Å². The van der Waals surface area contributed by atoms with Crippen LogP contribution in [0.4, 0.5) is 5.82 Å². The first-order valence-corrected chi connectivity index (χ1v) is 6.62. The summed E-state index contributed by atoms with van der Waals surface area (Å²) < 4.78 is 0. The summed E-state index contributed by atoms with van der Waals surface area (Å²) in [6.07, 6.45) is 2.99. The Bertz CT molecular complexity index is 800. The third-order valence-corrected chi connectivity index (χ3v) is 4.19. The van der Waals surface area contributed by atoms with Gasteiger partial charge < -0.3 is 10.7 Å². The van der Waals surface area contributed by atoms with Crippen LogP contribution in [0.5, 0.6) is 0 Å². The molecule has 0 radical (unpaired) electrons. The molecule has 1 aliphatic heterocycles. The largest absolute Gasteiger partial charge is 0.310 e. The summed E-state index contributed by atoms with van der Waals surface area (Å²) in [5.74, 6) is 0.695. The normalized spacial score (nSPS) is 22.5. The van der Waals surface area contributed by atoms with E-state index in [1.54, 1.807) is 12.3 Å². The minimum Gasteiger partial charge on any atom is -0.310 e. The van der Waals surface area contributed by atoms with Crippen LogP contribution in [0.15, 0.2) is 42.6 Å². The number of nitrogens with one attached hydrogen (secondary N) is 2. The monoisotopic (exact) mass is 263 g/mol. The summed E-state index contributed by atoms with van der Waals surface area (Å²) in [7, 11) is 0. The molecule has 1 aliphatic carbocycles. The highest BCUT2D eigenvalue weighted by Gasteiger charge is 2.48. The predicted molar refractivity (Wildman–Crippen MR) is 74.2 cm³/mol. The fraction of sp³-hybridized carbons (Fsp3) is 0.188. The molecule has 4 heteroatoms. The smallest absolute Gasteiger partial charge is 0.237 e. The molecule has 2 heterocycles. The van der Waals surface area contributed by atoms with Crippen molar-refractivity contribution in [2.75, 3.05) is 5.32 Å². The van der Waals surface area contributed by atoms with Crippen molar-refractivity contribution in [2.45, 2.75) is 18.3 Å². The van der Waals surface area contributed by atoms with E-state index in [0.717, 1.165) is 16.7 Å². The molecule has 2 N–H and O–H groups in total. The Morgan fingerprint density at radius 3 is 2.90 bits per heavy atom. The van der Waals surface area contributed by atoms with Crippen LogP contribution >= 0.6 is 0 Å². The molecule has 1 spiro atoms. The lowest BCUT2D eigenvalue weighted by Gasteiger charge is -2.30. The van der Waals surface area contributed by atoms with Crippen LogP contribution in [-0.4, -0.2) is 10.9 Å². The van der Waals surface area contributed by atoms with Gasteiger partial charge in [0.25, 0.3) is 0 Å². The van der Waals surface area contributed by atoms with Crippen molar-refractivity contribution >= 4 is 11.7 Å². The van der Waals surface area contributed by atoms with Crippen molar-refractivity contribution < 1.29 is 4.79 Å². The van der Waals surface area contributed by atoms with Crippen molar-refractivity contribution in [3.8, 4) is 0 Å². The maximum Gasteiger partial charge on any atom is 0.237 e. The molecule has 1 atom stereocenters. The van der Waals surface area contributed by atoms with Gasteiger partial charge in [-0.25, -0.2) is 4.98 Å². The van der Waals surface area contributed by atoms with Crippen molar-refractivity contribution in [1.82, 2.24) is 4.98 Å². The van der Waals surface area contributed by atoms with Crippen molar-refractivity contribution in [2.24, 2.45) is 0 Å². The van der Waals surface area contributed by atoms with Gasteiger partial charge in [0.1, 0.15) is 5.82 Å². The Morgan fingerprint density at radius 2 is 2.00 bits per heavy atom. The number of anilines is 1. The molecule has 98 valence electrons. The standard InChI is InChI=1S/C16H13N3O/c17-12-4-3-10-6-11(7-12)9-16(8-10)13-2-1-5-18-14(13)19-15(16)20/h1-7,17H,8-9H2,(H,18,19,20). The number of amides is 1. The molecular formula is C16H13N3O. The lowest BCUT2D eigenvalue weighted by Crippen LogP contribution is -2.40. The van der Waals surface area contributed by atoms with Gasteiger partial charge in [0, 0.05) is 11.8 Å². The molecule has 0 saturated carbocycles. The van der Waals surface area contributed by atoms with Crippen LogP contribution in [0, 0.1) is 5.41 Å². The van der Waals surface area contributed by atoms with Gasteiger partial charge in [-0.1, -0.05) is 18.2 Å². The molecule has 0 fully saturated rings. The lowest BCUT2D eigenvalue weighted by atomic mass is 9.70. The fourth-order valence-electron chi connectivity index (χ4n) is 3.34. The molecule has 4 nitrogen and oxygen atoms in total. The zero-order chi connectivity index (χ0) is 13.7. The van der Waals surface area contributed by atoms with E-state index in [2.05, 4.69) is 16.4 Å². The number of nitrogens with zero attached hydrogens (tertiary/aromatic N) is 1. The number of rotatable bonds is 0. The van der Waals surface area contributed by atoms with Crippen molar-refractivity contribution in [3.05, 3.63) is 64.6 Å². The summed E-state index contributed by atoms with van der Waals surface area (Å²) in [6.45, 7) is 0. The van der Waals surface area contributed by atoms with E-state index in [4.69, 9.17) is 5.41 Å². The minimum absolute atomic E-state index is 0.0181. The highest BCUT2D eigenvalue weighted by molar-refractivity contribution is 6.05. The van der Waals surface area contributed by atoms with Crippen LogP contribution in [0.25, 0.3) is 0 Å². The second-order valence-corrected chi connectivity index (χ2v) is 5.52. The number of fused-ring (bicyclic) bond motifs is 4. The Balaban J connectivity index is 1.95. The van der Waals surface area contributed by atoms with Gasteiger partial charge in [-0.15, -0.1) is 0 Å². The van der Waals surface area contributed by atoms with Gasteiger partial charge in [-0.05, 0) is 42.2 Å². The van der Waals surface area contributed by atoms with Crippen LogP contribution < -0.4 is 10.7 Å². The number of carbonyl (C=O) groups is 1. The quantitative estimate of drug-likeness (QED) is 0.757. The molecule has 2 bridgehead atoms. The second-order valence-electron chi connectivity index (χ2n) is 5.52. The average Bonchev–Trinajstić information content (AvgIpc) is 2.60. The number of carbonyl (C=O) groups excluding carboxylic acids is 1. The third-order valence-electron chi connectivity index (χ3n) is 4.19. The van der Waals surface area contributed by atoms with Gasteiger partial charge in [0.05, 0.1) is 10.8 Å². The molecule has 1 amide bonds. The number of aromatic nitrogens is 1. The molecule has 1 aromatic heterocycles. The summed E-state index contributed by atoms with van der Waals surface area (Å²) >= 11 is 0. The van der Waals surface area contributed by atoms with Gasteiger partial charge in [-0.2, -0.15) is 0 Å². The van der Waals surface area contributed by atoms with E-state index in [0.29, 0.717) is 24.0 Å². The van der Waals surface area contributed by atoms with Crippen molar-refractivity contribution in [1.29, 1.82) is 5.41 Å². The van der Waals surface area contributed by atoms with Crippen LogP contribution in [0.1, 0.15) is 16.7 Å². The minimum atomic E-state index is -0.561. The van der Waals surface area contributed by atoms with Crippen LogP contribution in [0.3, 0.4) is 0 Å². The van der Waals surface area contributed by atoms with Crippen molar-refractivity contribution in [3.63, 3.8) is 0 Å².